The number of piperazine rings is 1. The molecule has 4 saturated heterocycles. The molecule has 0 saturated carbocycles. The number of pyridine rings is 1. The smallest absolute Gasteiger partial charge is 0.319 e. The number of phenols is 1. The third-order valence-corrected chi connectivity index (χ3v) is 9.61. The first kappa shape index (κ1) is 25.1. The molecule has 4 fully saturated rings. The van der Waals surface area contributed by atoms with Crippen molar-refractivity contribution < 1.29 is 18.6 Å². The molecule has 6 heterocycles. The highest BCUT2D eigenvalue weighted by Crippen LogP contribution is 2.41. The van der Waals surface area contributed by atoms with E-state index in [1.54, 1.807) is 18.3 Å². The molecule has 4 aliphatic heterocycles. The van der Waals surface area contributed by atoms with E-state index in [0.29, 0.717) is 35.3 Å². The van der Waals surface area contributed by atoms with Crippen LogP contribution in [0.5, 0.6) is 11.8 Å². The van der Waals surface area contributed by atoms with Crippen LogP contribution in [0.2, 0.25) is 0 Å². The zero-order valence-corrected chi connectivity index (χ0v) is 22.7. The van der Waals surface area contributed by atoms with Crippen molar-refractivity contribution in [1.82, 2.24) is 25.2 Å². The molecular formula is C31H32F2N6O2. The Balaban J connectivity index is 1.26. The number of aromatic hydroxyl groups is 1. The number of hydrogen-bond acceptors (Lipinski definition) is 8. The van der Waals surface area contributed by atoms with Crippen molar-refractivity contribution in [3.8, 4) is 23.0 Å². The lowest BCUT2D eigenvalue weighted by molar-refractivity contribution is 0.108. The van der Waals surface area contributed by atoms with Crippen LogP contribution in [0, 0.1) is 11.6 Å². The molecule has 8 nitrogen and oxygen atoms in total. The molecule has 0 radical (unpaired) electrons. The summed E-state index contributed by atoms with van der Waals surface area (Å²) < 4.78 is 37.9. The Morgan fingerprint density at radius 1 is 1.05 bits per heavy atom. The zero-order chi connectivity index (χ0) is 27.7. The number of phenolic OH excluding ortho intramolecular Hbond substituents is 1. The van der Waals surface area contributed by atoms with Gasteiger partial charge in [0.1, 0.15) is 35.2 Å². The summed E-state index contributed by atoms with van der Waals surface area (Å²) in [7, 11) is 0. The number of ether oxygens (including phenoxy) is 1. The van der Waals surface area contributed by atoms with Gasteiger partial charge in [-0.2, -0.15) is 9.97 Å². The van der Waals surface area contributed by atoms with Crippen molar-refractivity contribution in [2.24, 2.45) is 0 Å². The topological polar surface area (TPSA) is 86.6 Å². The van der Waals surface area contributed by atoms with Gasteiger partial charge in [0.05, 0.1) is 10.9 Å². The average molecular weight is 559 g/mol. The van der Waals surface area contributed by atoms with E-state index in [-0.39, 0.29) is 39.5 Å². The summed E-state index contributed by atoms with van der Waals surface area (Å²) in [5, 5.41) is 15.2. The Morgan fingerprint density at radius 3 is 2.61 bits per heavy atom. The van der Waals surface area contributed by atoms with Crippen LogP contribution < -0.4 is 15.0 Å². The summed E-state index contributed by atoms with van der Waals surface area (Å²) in [5.41, 5.74) is 0.176. The molecule has 10 heteroatoms. The summed E-state index contributed by atoms with van der Waals surface area (Å²) >= 11 is 0. The highest BCUT2D eigenvalue weighted by Gasteiger charge is 2.45. The zero-order valence-electron chi connectivity index (χ0n) is 22.7. The number of hydrogen-bond donors (Lipinski definition) is 2. The monoisotopic (exact) mass is 558 g/mol. The van der Waals surface area contributed by atoms with Gasteiger partial charge >= 0.3 is 6.01 Å². The first-order valence-electron chi connectivity index (χ1n) is 14.6. The number of halogens is 2. The minimum Gasteiger partial charge on any atom is -0.508 e. The third kappa shape index (κ3) is 4.10. The molecule has 41 heavy (non-hydrogen) atoms. The molecule has 0 amide bonds. The Labute approximate surface area is 236 Å². The highest BCUT2D eigenvalue weighted by atomic mass is 19.1. The van der Waals surface area contributed by atoms with Crippen LogP contribution in [0.4, 0.5) is 14.6 Å². The van der Waals surface area contributed by atoms with E-state index in [1.165, 1.54) is 18.2 Å². The fourth-order valence-corrected chi connectivity index (χ4v) is 7.70. The third-order valence-electron chi connectivity index (χ3n) is 9.61. The fraction of sp³-hybridized carbons (Fsp3) is 0.452. The summed E-state index contributed by atoms with van der Waals surface area (Å²) in [6.07, 6.45) is 8.21. The Bertz CT molecular complexity index is 1660. The number of benzene rings is 2. The molecule has 2 bridgehead atoms. The molecule has 2 aromatic heterocycles. The van der Waals surface area contributed by atoms with Gasteiger partial charge in [0, 0.05) is 42.3 Å². The molecule has 0 unspecified atom stereocenters. The van der Waals surface area contributed by atoms with E-state index in [0.717, 1.165) is 64.7 Å². The van der Waals surface area contributed by atoms with Crippen LogP contribution in [-0.4, -0.2) is 75.4 Å². The number of nitrogens with one attached hydrogen (secondary N) is 1. The number of aromatic nitrogens is 3. The lowest BCUT2D eigenvalue weighted by atomic mass is 9.95. The van der Waals surface area contributed by atoms with Crippen molar-refractivity contribution in [3.63, 3.8) is 0 Å². The number of fused-ring (bicyclic) bond motifs is 5. The van der Waals surface area contributed by atoms with E-state index >= 15 is 8.78 Å². The maximum atomic E-state index is 16.5. The Morgan fingerprint density at radius 2 is 1.83 bits per heavy atom. The van der Waals surface area contributed by atoms with Crippen molar-refractivity contribution in [2.75, 3.05) is 37.7 Å². The van der Waals surface area contributed by atoms with Crippen molar-refractivity contribution in [1.29, 1.82) is 0 Å². The molecule has 2 aromatic carbocycles. The van der Waals surface area contributed by atoms with E-state index in [2.05, 4.69) is 25.1 Å². The van der Waals surface area contributed by atoms with Gasteiger partial charge in [-0.3, -0.25) is 9.88 Å². The van der Waals surface area contributed by atoms with Crippen LogP contribution in [0.3, 0.4) is 0 Å². The van der Waals surface area contributed by atoms with E-state index in [1.807, 2.05) is 0 Å². The molecule has 2 atom stereocenters. The van der Waals surface area contributed by atoms with Gasteiger partial charge in [-0.15, -0.1) is 0 Å². The first-order valence-corrected chi connectivity index (χ1v) is 14.6. The van der Waals surface area contributed by atoms with Gasteiger partial charge in [0.25, 0.3) is 0 Å². The molecule has 0 spiro atoms. The van der Waals surface area contributed by atoms with Crippen LogP contribution in [0.1, 0.15) is 38.5 Å². The van der Waals surface area contributed by atoms with E-state index in [4.69, 9.17) is 9.72 Å². The molecule has 0 aliphatic carbocycles. The summed E-state index contributed by atoms with van der Waals surface area (Å²) in [6.45, 7) is 4.13. The van der Waals surface area contributed by atoms with Crippen LogP contribution in [-0.2, 0) is 0 Å². The highest BCUT2D eigenvalue weighted by molar-refractivity contribution is 6.00. The molecule has 8 rings (SSSR count). The predicted octanol–water partition coefficient (Wildman–Crippen LogP) is 4.78. The molecule has 2 N–H and O–H groups in total. The van der Waals surface area contributed by atoms with Gasteiger partial charge in [-0.1, -0.05) is 12.1 Å². The van der Waals surface area contributed by atoms with Gasteiger partial charge in [0.15, 0.2) is 5.82 Å². The van der Waals surface area contributed by atoms with Crippen LogP contribution in [0.25, 0.3) is 32.9 Å². The van der Waals surface area contributed by atoms with Gasteiger partial charge in [0.2, 0.25) is 0 Å². The quantitative estimate of drug-likeness (QED) is 0.362. The van der Waals surface area contributed by atoms with Crippen LogP contribution in [0.15, 0.2) is 36.5 Å². The molecule has 4 aliphatic rings. The van der Waals surface area contributed by atoms with Gasteiger partial charge < -0.3 is 20.1 Å². The van der Waals surface area contributed by atoms with Gasteiger partial charge in [-0.05, 0) is 75.2 Å². The molecule has 4 aromatic rings. The second-order valence-electron chi connectivity index (χ2n) is 12.1. The minimum absolute atomic E-state index is 0.00735. The maximum absolute atomic E-state index is 16.5. The second-order valence-corrected chi connectivity index (χ2v) is 12.1. The maximum Gasteiger partial charge on any atom is 0.319 e. The van der Waals surface area contributed by atoms with Crippen molar-refractivity contribution in [3.05, 3.63) is 48.2 Å². The Kier molecular flexibility index (Phi) is 5.79. The predicted molar refractivity (Wildman–Crippen MR) is 152 cm³/mol. The number of nitrogens with zero attached hydrogens (tertiary/aromatic N) is 5. The van der Waals surface area contributed by atoms with Crippen LogP contribution >= 0.6 is 0 Å². The normalized spacial score (nSPS) is 23.5. The van der Waals surface area contributed by atoms with Gasteiger partial charge in [-0.25, -0.2) is 8.78 Å². The lowest BCUT2D eigenvalue weighted by Crippen LogP contribution is -2.51. The fourth-order valence-electron chi connectivity index (χ4n) is 7.70. The summed E-state index contributed by atoms with van der Waals surface area (Å²) in [4.78, 5) is 18.6. The first-order chi connectivity index (χ1) is 20.0. The summed E-state index contributed by atoms with van der Waals surface area (Å²) in [6, 6.07) is 8.23. The Hall–Kier alpha value is -3.63. The lowest BCUT2D eigenvalue weighted by Gasteiger charge is -2.34. The number of anilines is 1. The van der Waals surface area contributed by atoms with E-state index in [9.17, 15) is 5.11 Å². The molecule has 212 valence electrons. The minimum atomic E-state index is -0.689. The molecular weight excluding hydrogens is 526 g/mol. The van der Waals surface area contributed by atoms with E-state index < -0.39 is 11.6 Å². The summed E-state index contributed by atoms with van der Waals surface area (Å²) in [5.74, 6) is -0.689. The second kappa shape index (κ2) is 9.46. The SMILES string of the molecule is Oc1cc(-c2ncc3c(N4C[C@H]5CC[C@@H](C4)N5)nc(OCC45CCCN4CCC5)nc3c2F)c2c(F)cccc2c1. The average Bonchev–Trinajstić information content (AvgIpc) is 3.65. The largest absolute Gasteiger partial charge is 0.508 e. The number of rotatable bonds is 5. The van der Waals surface area contributed by atoms with Crippen molar-refractivity contribution in [2.45, 2.75) is 56.1 Å². The standard InChI is InChI=1S/C31H32F2N6O2/c32-24-5-1-4-18-12-21(40)13-22(25(18)24)27-26(33)28-23(14-34-27)29(38-15-19-6-7-20(16-38)35-19)37-30(36-28)41-17-31-8-2-10-39(31)11-3-9-31/h1,4-5,12-14,19-20,35,40H,2-3,6-11,15-17H2/t19-,20+. The van der Waals surface area contributed by atoms with Crippen molar-refractivity contribution >= 4 is 27.5 Å².